The Bertz CT molecular complexity index is 1230. The van der Waals surface area contributed by atoms with Crippen molar-refractivity contribution in [1.29, 1.82) is 0 Å². The minimum absolute atomic E-state index is 0.0145. The Hall–Kier alpha value is -3.61. The number of rotatable bonds is 5. The molecule has 0 aromatic carbocycles. The van der Waals surface area contributed by atoms with Crippen molar-refractivity contribution in [2.24, 2.45) is 0 Å². The predicted octanol–water partition coefficient (Wildman–Crippen LogP) is 4.14. The monoisotopic (exact) mass is 386 g/mol. The molecule has 7 nitrogen and oxygen atoms in total. The highest BCUT2D eigenvalue weighted by Crippen LogP contribution is 2.23. The topological polar surface area (TPSA) is 85.6 Å². The normalized spacial score (nSPS) is 11.2. The molecule has 0 aliphatic carbocycles. The number of fused-ring (bicyclic) bond motifs is 1. The van der Waals surface area contributed by atoms with Crippen molar-refractivity contribution in [2.75, 3.05) is 5.32 Å². The zero-order chi connectivity index (χ0) is 20.4. The molecule has 0 bridgehead atoms. The van der Waals surface area contributed by atoms with Crippen LogP contribution in [0.15, 0.2) is 59.8 Å². The summed E-state index contributed by atoms with van der Waals surface area (Å²) in [5.41, 5.74) is 4.49. The Morgan fingerprint density at radius 1 is 1.00 bits per heavy atom. The van der Waals surface area contributed by atoms with Gasteiger partial charge >= 0.3 is 0 Å². The lowest BCUT2D eigenvalue weighted by Gasteiger charge is -2.09. The average molecular weight is 386 g/mol. The van der Waals surface area contributed by atoms with Crippen LogP contribution in [0, 0.1) is 0 Å². The quantitative estimate of drug-likeness (QED) is 0.555. The van der Waals surface area contributed by atoms with Gasteiger partial charge in [0.25, 0.3) is 5.56 Å². The highest BCUT2D eigenvalue weighted by molar-refractivity contribution is 5.81. The van der Waals surface area contributed by atoms with Crippen LogP contribution in [0.3, 0.4) is 0 Å². The molecular formula is C22H22N6O. The first-order valence-electron chi connectivity index (χ1n) is 9.61. The summed E-state index contributed by atoms with van der Waals surface area (Å²) in [6.45, 7) is 6.80. The van der Waals surface area contributed by atoms with Crippen LogP contribution >= 0.6 is 0 Å². The average Bonchev–Trinajstić information content (AvgIpc) is 2.74. The van der Waals surface area contributed by atoms with Gasteiger partial charge in [-0.3, -0.25) is 9.78 Å². The third kappa shape index (κ3) is 3.99. The summed E-state index contributed by atoms with van der Waals surface area (Å²) in [6, 6.07) is 11.1. The zero-order valence-electron chi connectivity index (χ0n) is 16.6. The van der Waals surface area contributed by atoms with Gasteiger partial charge < -0.3 is 9.88 Å². The first-order valence-corrected chi connectivity index (χ1v) is 9.61. The van der Waals surface area contributed by atoms with Crippen molar-refractivity contribution in [2.45, 2.75) is 33.2 Å². The van der Waals surface area contributed by atoms with Crippen LogP contribution in [0.4, 0.5) is 11.6 Å². The van der Waals surface area contributed by atoms with Gasteiger partial charge in [0.05, 0.1) is 17.2 Å². The first-order chi connectivity index (χ1) is 14.0. The van der Waals surface area contributed by atoms with Gasteiger partial charge in [0.2, 0.25) is 0 Å². The van der Waals surface area contributed by atoms with Crippen molar-refractivity contribution >= 4 is 22.7 Å². The molecule has 7 heteroatoms. The van der Waals surface area contributed by atoms with E-state index in [9.17, 15) is 4.79 Å². The molecule has 4 rings (SSSR count). The molecule has 0 saturated carbocycles. The van der Waals surface area contributed by atoms with E-state index in [1.54, 1.807) is 23.0 Å². The molecule has 0 aliphatic heterocycles. The molecule has 146 valence electrons. The minimum Gasteiger partial charge on any atom is -0.323 e. The van der Waals surface area contributed by atoms with Gasteiger partial charge in [-0.05, 0) is 54.3 Å². The van der Waals surface area contributed by atoms with Gasteiger partial charge in [-0.25, -0.2) is 4.98 Å². The zero-order valence-corrected chi connectivity index (χ0v) is 16.6. The summed E-state index contributed by atoms with van der Waals surface area (Å²) < 4.78 is 1.67. The van der Waals surface area contributed by atoms with E-state index in [0.717, 1.165) is 27.7 Å². The Morgan fingerprint density at radius 3 is 2.66 bits per heavy atom. The van der Waals surface area contributed by atoms with E-state index in [-0.39, 0.29) is 5.56 Å². The SMILES string of the molecule is CCn1cc(-c2cnc3ccc(Nc4cc(C(C)C)cnn4)nc3c2)ccc1=O. The van der Waals surface area contributed by atoms with Gasteiger partial charge in [0.1, 0.15) is 5.82 Å². The van der Waals surface area contributed by atoms with E-state index >= 15 is 0 Å². The van der Waals surface area contributed by atoms with Crippen LogP contribution in [0.5, 0.6) is 0 Å². The number of pyridine rings is 3. The third-order valence-corrected chi connectivity index (χ3v) is 4.79. The smallest absolute Gasteiger partial charge is 0.250 e. The van der Waals surface area contributed by atoms with Gasteiger partial charge in [-0.1, -0.05) is 13.8 Å². The van der Waals surface area contributed by atoms with Gasteiger partial charge in [-0.2, -0.15) is 5.10 Å². The number of aromatic nitrogens is 5. The fraction of sp³-hybridized carbons (Fsp3) is 0.227. The summed E-state index contributed by atoms with van der Waals surface area (Å²) in [5, 5.41) is 11.4. The molecule has 0 saturated heterocycles. The second kappa shape index (κ2) is 7.79. The Labute approximate surface area is 168 Å². The van der Waals surface area contributed by atoms with Crippen LogP contribution in [0.2, 0.25) is 0 Å². The molecule has 29 heavy (non-hydrogen) atoms. The Morgan fingerprint density at radius 2 is 1.86 bits per heavy atom. The molecule has 0 radical (unpaired) electrons. The summed E-state index contributed by atoms with van der Waals surface area (Å²) in [5.74, 6) is 1.70. The minimum atomic E-state index is -0.0145. The number of hydrogen-bond acceptors (Lipinski definition) is 6. The maximum absolute atomic E-state index is 11.8. The van der Waals surface area contributed by atoms with E-state index in [0.29, 0.717) is 24.1 Å². The van der Waals surface area contributed by atoms with Crippen molar-refractivity contribution in [1.82, 2.24) is 24.7 Å². The first kappa shape index (κ1) is 18.7. The van der Waals surface area contributed by atoms with Crippen molar-refractivity contribution in [3.05, 3.63) is 70.9 Å². The third-order valence-electron chi connectivity index (χ3n) is 4.79. The summed E-state index contributed by atoms with van der Waals surface area (Å²) in [6.07, 6.45) is 5.42. The van der Waals surface area contributed by atoms with Crippen LogP contribution in [-0.4, -0.2) is 24.7 Å². The van der Waals surface area contributed by atoms with E-state index in [1.165, 1.54) is 0 Å². The fourth-order valence-electron chi connectivity index (χ4n) is 3.07. The number of nitrogens with zero attached hydrogens (tertiary/aromatic N) is 5. The van der Waals surface area contributed by atoms with Crippen molar-refractivity contribution in [3.63, 3.8) is 0 Å². The highest BCUT2D eigenvalue weighted by atomic mass is 16.1. The second-order valence-corrected chi connectivity index (χ2v) is 7.15. The maximum Gasteiger partial charge on any atom is 0.250 e. The fourth-order valence-corrected chi connectivity index (χ4v) is 3.07. The summed E-state index contributed by atoms with van der Waals surface area (Å²) in [7, 11) is 0. The molecule has 0 spiro atoms. The molecule has 0 fully saturated rings. The molecule has 0 aliphatic rings. The van der Waals surface area contributed by atoms with Crippen LogP contribution in [0.1, 0.15) is 32.3 Å². The largest absolute Gasteiger partial charge is 0.323 e. The standard InChI is InChI=1S/C22H22N6O/c1-4-28-13-15(5-8-22(28)29)17-9-19-18(23-11-17)6-7-20(25-19)26-21-10-16(14(2)3)12-24-27-21/h5-14H,4H2,1-3H3,(H,25,26,27). The number of aryl methyl sites for hydroxylation is 1. The molecule has 0 amide bonds. The molecule has 0 unspecified atom stereocenters. The number of anilines is 2. The van der Waals surface area contributed by atoms with Crippen LogP contribution in [-0.2, 0) is 6.54 Å². The predicted molar refractivity (Wildman–Crippen MR) is 114 cm³/mol. The van der Waals surface area contributed by atoms with E-state index in [1.807, 2.05) is 43.5 Å². The molecule has 0 atom stereocenters. The summed E-state index contributed by atoms with van der Waals surface area (Å²) in [4.78, 5) is 21.0. The second-order valence-electron chi connectivity index (χ2n) is 7.15. The van der Waals surface area contributed by atoms with Crippen molar-refractivity contribution in [3.8, 4) is 11.1 Å². The van der Waals surface area contributed by atoms with Gasteiger partial charge in [-0.15, -0.1) is 5.10 Å². The van der Waals surface area contributed by atoms with Crippen LogP contribution < -0.4 is 10.9 Å². The number of nitrogens with one attached hydrogen (secondary N) is 1. The molecule has 4 heterocycles. The lowest BCUT2D eigenvalue weighted by molar-refractivity contribution is 0.728. The molecular weight excluding hydrogens is 364 g/mol. The number of hydrogen-bond donors (Lipinski definition) is 1. The van der Waals surface area contributed by atoms with E-state index < -0.39 is 0 Å². The van der Waals surface area contributed by atoms with Gasteiger partial charge in [0.15, 0.2) is 5.82 Å². The van der Waals surface area contributed by atoms with Crippen molar-refractivity contribution < 1.29 is 0 Å². The van der Waals surface area contributed by atoms with E-state index in [2.05, 4.69) is 39.3 Å². The maximum atomic E-state index is 11.8. The lowest BCUT2D eigenvalue weighted by Crippen LogP contribution is -2.16. The lowest BCUT2D eigenvalue weighted by atomic mass is 10.1. The van der Waals surface area contributed by atoms with Crippen LogP contribution in [0.25, 0.3) is 22.2 Å². The molecule has 4 aromatic heterocycles. The Kier molecular flexibility index (Phi) is 5.03. The molecule has 1 N–H and O–H groups in total. The van der Waals surface area contributed by atoms with Gasteiger partial charge in [0, 0.05) is 30.6 Å². The summed E-state index contributed by atoms with van der Waals surface area (Å²) >= 11 is 0. The van der Waals surface area contributed by atoms with E-state index in [4.69, 9.17) is 0 Å². The molecule has 4 aromatic rings. The highest BCUT2D eigenvalue weighted by Gasteiger charge is 2.07. The Balaban J connectivity index is 1.68.